The number of benzene rings is 2. The Morgan fingerprint density at radius 2 is 1.70 bits per heavy atom. The first-order chi connectivity index (χ1) is 12.9. The summed E-state index contributed by atoms with van der Waals surface area (Å²) in [6.07, 6.45) is 4.48. The number of carbonyl (C=O) groups excluding carboxylic acids is 2. The second-order valence-electron chi connectivity index (χ2n) is 5.98. The van der Waals surface area contributed by atoms with Gasteiger partial charge in [0.15, 0.2) is 5.78 Å². The smallest absolute Gasteiger partial charge is 0.220 e. The van der Waals surface area contributed by atoms with E-state index in [0.717, 1.165) is 20.1 Å². The summed E-state index contributed by atoms with van der Waals surface area (Å²) in [5.41, 5.74) is 2.03. The van der Waals surface area contributed by atoms with Crippen molar-refractivity contribution in [2.75, 3.05) is 6.54 Å². The van der Waals surface area contributed by atoms with Crippen molar-refractivity contribution in [2.24, 2.45) is 0 Å². The van der Waals surface area contributed by atoms with E-state index in [2.05, 4.69) is 37.2 Å². The number of allylic oxidation sites excluding steroid dienone is 1. The van der Waals surface area contributed by atoms with Crippen LogP contribution in [0.4, 0.5) is 0 Å². The number of halogens is 2. The van der Waals surface area contributed by atoms with Crippen molar-refractivity contribution in [3.63, 3.8) is 0 Å². The van der Waals surface area contributed by atoms with Crippen molar-refractivity contribution in [3.8, 4) is 0 Å². The number of aryl methyl sites for hydroxylation is 1. The zero-order chi connectivity index (χ0) is 19.6. The van der Waals surface area contributed by atoms with Crippen LogP contribution in [0.15, 0.2) is 63.6 Å². The topological polar surface area (TPSA) is 46.2 Å². The van der Waals surface area contributed by atoms with Crippen LogP contribution in [0.1, 0.15) is 24.0 Å². The summed E-state index contributed by atoms with van der Waals surface area (Å²) in [4.78, 5) is 24.5. The third-order valence-corrected chi connectivity index (χ3v) is 4.89. The molecule has 0 aliphatic carbocycles. The molecule has 0 fully saturated rings. The van der Waals surface area contributed by atoms with E-state index in [-0.39, 0.29) is 24.7 Å². The second kappa shape index (κ2) is 11.3. The van der Waals surface area contributed by atoms with Gasteiger partial charge in [-0.15, -0.1) is 0 Å². The average molecular weight is 509 g/mol. The van der Waals surface area contributed by atoms with E-state index in [0.29, 0.717) is 17.7 Å². The van der Waals surface area contributed by atoms with Crippen LogP contribution in [0.25, 0.3) is 6.08 Å². The fraction of sp³-hybridized carbons (Fsp3) is 0.190. The SMILES string of the molecule is O=C(/C=C/c1cc(Br)cc(Br)c1)CC(=S)CNC(=O)CCc1ccccc1. The predicted octanol–water partition coefficient (Wildman–Crippen LogP) is 5.30. The number of hydrogen-bond acceptors (Lipinski definition) is 3. The highest BCUT2D eigenvalue weighted by molar-refractivity contribution is 9.11. The molecule has 27 heavy (non-hydrogen) atoms. The van der Waals surface area contributed by atoms with Crippen LogP contribution in [0.3, 0.4) is 0 Å². The number of amides is 1. The lowest BCUT2D eigenvalue weighted by Gasteiger charge is -2.06. The zero-order valence-corrected chi connectivity index (χ0v) is 18.6. The normalized spacial score (nSPS) is 10.7. The molecule has 140 valence electrons. The van der Waals surface area contributed by atoms with Gasteiger partial charge in [-0.3, -0.25) is 9.59 Å². The van der Waals surface area contributed by atoms with Crippen LogP contribution in [0.5, 0.6) is 0 Å². The van der Waals surface area contributed by atoms with Gasteiger partial charge in [-0.1, -0.05) is 80.5 Å². The van der Waals surface area contributed by atoms with Crippen molar-refractivity contribution in [3.05, 3.63) is 74.7 Å². The molecule has 0 spiro atoms. The Bertz CT molecular complexity index is 830. The van der Waals surface area contributed by atoms with Gasteiger partial charge >= 0.3 is 0 Å². The summed E-state index contributed by atoms with van der Waals surface area (Å²) >= 11 is 12.0. The van der Waals surface area contributed by atoms with Gasteiger partial charge in [0.1, 0.15) is 0 Å². The van der Waals surface area contributed by atoms with Crippen LogP contribution in [0.2, 0.25) is 0 Å². The van der Waals surface area contributed by atoms with Crippen LogP contribution in [0, 0.1) is 0 Å². The number of rotatable bonds is 9. The molecule has 2 aromatic carbocycles. The summed E-state index contributed by atoms with van der Waals surface area (Å²) in [6, 6.07) is 15.6. The van der Waals surface area contributed by atoms with E-state index < -0.39 is 0 Å². The van der Waals surface area contributed by atoms with Gasteiger partial charge in [-0.05, 0) is 41.8 Å². The Hall–Kier alpha value is -1.63. The summed E-state index contributed by atoms with van der Waals surface area (Å²) < 4.78 is 1.86. The molecule has 0 aliphatic heterocycles. The molecule has 2 aromatic rings. The number of ketones is 1. The van der Waals surface area contributed by atoms with Crippen molar-refractivity contribution >= 4 is 66.7 Å². The van der Waals surface area contributed by atoms with Crippen molar-refractivity contribution in [1.29, 1.82) is 0 Å². The van der Waals surface area contributed by atoms with Gasteiger partial charge in [-0.25, -0.2) is 0 Å². The Kier molecular flexibility index (Phi) is 9.04. The molecule has 0 atom stereocenters. The molecule has 0 saturated heterocycles. The van der Waals surface area contributed by atoms with E-state index >= 15 is 0 Å². The minimum Gasteiger partial charge on any atom is -0.351 e. The molecular formula is C21H19Br2NO2S. The number of nitrogens with one attached hydrogen (secondary N) is 1. The van der Waals surface area contributed by atoms with Crippen molar-refractivity contribution < 1.29 is 9.59 Å². The predicted molar refractivity (Wildman–Crippen MR) is 121 cm³/mol. The molecule has 6 heteroatoms. The van der Waals surface area contributed by atoms with Gasteiger partial charge in [0.05, 0.1) is 0 Å². The Morgan fingerprint density at radius 1 is 1.04 bits per heavy atom. The van der Waals surface area contributed by atoms with Crippen LogP contribution >= 0.6 is 44.1 Å². The number of thiocarbonyl (C=S) groups is 1. The van der Waals surface area contributed by atoms with Gasteiger partial charge in [0.25, 0.3) is 0 Å². The quantitative estimate of drug-likeness (QED) is 0.369. The summed E-state index contributed by atoms with van der Waals surface area (Å²) in [6.45, 7) is 0.241. The third kappa shape index (κ3) is 8.73. The highest BCUT2D eigenvalue weighted by Crippen LogP contribution is 2.20. The van der Waals surface area contributed by atoms with E-state index in [9.17, 15) is 9.59 Å². The average Bonchev–Trinajstić information content (AvgIpc) is 2.63. The zero-order valence-electron chi connectivity index (χ0n) is 14.6. The molecule has 0 saturated carbocycles. The molecular weight excluding hydrogens is 490 g/mol. The van der Waals surface area contributed by atoms with E-state index in [1.165, 1.54) is 6.08 Å². The minimum absolute atomic E-state index is 0.0665. The molecule has 0 heterocycles. The summed E-state index contributed by atoms with van der Waals surface area (Å²) in [5, 5.41) is 2.78. The van der Waals surface area contributed by atoms with Gasteiger partial charge < -0.3 is 5.32 Å². The lowest BCUT2D eigenvalue weighted by molar-refractivity contribution is -0.120. The first-order valence-corrected chi connectivity index (χ1v) is 10.4. The Morgan fingerprint density at radius 3 is 2.37 bits per heavy atom. The van der Waals surface area contributed by atoms with Crippen LogP contribution < -0.4 is 5.32 Å². The van der Waals surface area contributed by atoms with Crippen LogP contribution in [-0.4, -0.2) is 23.1 Å². The highest BCUT2D eigenvalue weighted by Gasteiger charge is 2.07. The maximum atomic E-state index is 12.0. The lowest BCUT2D eigenvalue weighted by atomic mass is 10.1. The Labute approximate surface area is 181 Å². The van der Waals surface area contributed by atoms with Gasteiger partial charge in [-0.2, -0.15) is 0 Å². The number of hydrogen-bond donors (Lipinski definition) is 1. The second-order valence-corrected chi connectivity index (χ2v) is 8.39. The maximum absolute atomic E-state index is 12.0. The van der Waals surface area contributed by atoms with Gasteiger partial charge in [0, 0.05) is 33.2 Å². The molecule has 0 aromatic heterocycles. The molecule has 3 nitrogen and oxygen atoms in total. The lowest BCUT2D eigenvalue weighted by Crippen LogP contribution is -2.29. The molecule has 0 radical (unpaired) electrons. The molecule has 1 N–H and O–H groups in total. The molecule has 1 amide bonds. The first kappa shape index (κ1) is 21.7. The number of carbonyl (C=O) groups is 2. The first-order valence-electron chi connectivity index (χ1n) is 8.42. The monoisotopic (exact) mass is 507 g/mol. The molecule has 0 bridgehead atoms. The van der Waals surface area contributed by atoms with Crippen molar-refractivity contribution in [1.82, 2.24) is 5.32 Å². The fourth-order valence-electron chi connectivity index (χ4n) is 2.36. The largest absolute Gasteiger partial charge is 0.351 e. The molecule has 0 unspecified atom stereocenters. The standard InChI is InChI=1S/C21H19Br2NO2S/c22-17-10-16(11-18(23)12-17)6-8-19(25)13-20(27)14-24-21(26)9-7-15-4-2-1-3-5-15/h1-6,8,10-12H,7,9,13-14H2,(H,24,26)/b8-6+. The maximum Gasteiger partial charge on any atom is 0.220 e. The van der Waals surface area contributed by atoms with Crippen molar-refractivity contribution in [2.45, 2.75) is 19.3 Å². The van der Waals surface area contributed by atoms with E-state index in [1.54, 1.807) is 6.08 Å². The molecule has 2 rings (SSSR count). The summed E-state index contributed by atoms with van der Waals surface area (Å²) in [5.74, 6) is -0.155. The third-order valence-electron chi connectivity index (χ3n) is 3.68. The fourth-order valence-corrected chi connectivity index (χ4v) is 3.91. The minimum atomic E-state index is -0.0883. The van der Waals surface area contributed by atoms with Gasteiger partial charge in [0.2, 0.25) is 5.91 Å². The van der Waals surface area contributed by atoms with E-state index in [4.69, 9.17) is 12.2 Å². The Balaban J connectivity index is 1.72. The van der Waals surface area contributed by atoms with E-state index in [1.807, 2.05) is 48.5 Å². The summed E-state index contributed by atoms with van der Waals surface area (Å²) in [7, 11) is 0. The van der Waals surface area contributed by atoms with Crippen LogP contribution in [-0.2, 0) is 16.0 Å². The highest BCUT2D eigenvalue weighted by atomic mass is 79.9. The molecule has 0 aliphatic rings.